The Kier molecular flexibility index (Phi) is 6.16. The second-order valence-electron chi connectivity index (χ2n) is 4.63. The fourth-order valence-electron chi connectivity index (χ4n) is 1.90. The number of anilines is 1. The zero-order valence-corrected chi connectivity index (χ0v) is 12.6. The number of nitrogens with two attached hydrogens (primary N) is 1. The molecule has 0 fully saturated rings. The topological polar surface area (TPSA) is 52.3 Å². The van der Waals surface area contributed by atoms with Gasteiger partial charge in [-0.25, -0.2) is 0 Å². The average Bonchev–Trinajstić information content (AvgIpc) is 2.51. The Balaban J connectivity index is 1.62. The average molecular weight is 301 g/mol. The zero-order valence-electron chi connectivity index (χ0n) is 11.8. The Hall–Kier alpha value is -1.94. The minimum Gasteiger partial charge on any atom is -0.465 e. The number of thioether (sulfide) groups is 1. The van der Waals surface area contributed by atoms with Gasteiger partial charge in [0.25, 0.3) is 0 Å². The number of carbonyl (C=O) groups excluding carboxylic acids is 1. The van der Waals surface area contributed by atoms with Crippen molar-refractivity contribution in [2.75, 3.05) is 18.1 Å². The van der Waals surface area contributed by atoms with Gasteiger partial charge >= 0.3 is 5.97 Å². The van der Waals surface area contributed by atoms with Crippen molar-refractivity contribution in [2.45, 2.75) is 17.7 Å². The largest absolute Gasteiger partial charge is 0.465 e. The molecule has 0 amide bonds. The van der Waals surface area contributed by atoms with Crippen molar-refractivity contribution < 1.29 is 9.53 Å². The summed E-state index contributed by atoms with van der Waals surface area (Å²) in [5.41, 5.74) is 7.48. The molecule has 0 heterocycles. The number of nitrogen functional groups attached to an aromatic ring is 1. The maximum atomic E-state index is 11.6. The van der Waals surface area contributed by atoms with Gasteiger partial charge in [0, 0.05) is 22.8 Å². The molecule has 4 heteroatoms. The first-order chi connectivity index (χ1) is 10.2. The molecule has 2 aromatic carbocycles. The molecule has 0 bridgehead atoms. The van der Waals surface area contributed by atoms with Gasteiger partial charge in [0.2, 0.25) is 0 Å². The van der Waals surface area contributed by atoms with Gasteiger partial charge in [0.15, 0.2) is 0 Å². The maximum Gasteiger partial charge on any atom is 0.306 e. The van der Waals surface area contributed by atoms with Crippen LogP contribution in [0.1, 0.15) is 12.0 Å². The number of rotatable bonds is 7. The summed E-state index contributed by atoms with van der Waals surface area (Å²) < 4.78 is 5.22. The summed E-state index contributed by atoms with van der Waals surface area (Å²) in [6.45, 7) is 0.440. The van der Waals surface area contributed by atoms with Crippen molar-refractivity contribution in [3.05, 3.63) is 60.2 Å². The summed E-state index contributed by atoms with van der Waals surface area (Å²) in [5, 5.41) is 0. The molecule has 3 nitrogen and oxygen atoms in total. The van der Waals surface area contributed by atoms with Crippen LogP contribution in [0.2, 0.25) is 0 Å². The second kappa shape index (κ2) is 8.37. The Labute approximate surface area is 129 Å². The molecular weight excluding hydrogens is 282 g/mol. The predicted molar refractivity (Wildman–Crippen MR) is 87.3 cm³/mol. The normalized spacial score (nSPS) is 10.3. The molecule has 2 aromatic rings. The van der Waals surface area contributed by atoms with Gasteiger partial charge in [-0.3, -0.25) is 4.79 Å². The maximum absolute atomic E-state index is 11.6. The van der Waals surface area contributed by atoms with Gasteiger partial charge in [0.05, 0.1) is 0 Å². The van der Waals surface area contributed by atoms with E-state index in [1.165, 1.54) is 4.90 Å². The van der Waals surface area contributed by atoms with Gasteiger partial charge < -0.3 is 10.5 Å². The SMILES string of the molecule is Nc1cccc(CCC(=O)OCCSc2ccccc2)c1. The number of benzene rings is 2. The Morgan fingerprint density at radius 3 is 2.67 bits per heavy atom. The van der Waals surface area contributed by atoms with Gasteiger partial charge in [-0.15, -0.1) is 11.8 Å². The molecule has 110 valence electrons. The standard InChI is InChI=1S/C17H19NO2S/c18-15-6-4-5-14(13-15)9-10-17(19)20-11-12-21-16-7-2-1-3-8-16/h1-8,13H,9-12,18H2. The van der Waals surface area contributed by atoms with E-state index >= 15 is 0 Å². The minimum absolute atomic E-state index is 0.161. The highest BCUT2D eigenvalue weighted by atomic mass is 32.2. The molecular formula is C17H19NO2S. The van der Waals surface area contributed by atoms with E-state index in [-0.39, 0.29) is 5.97 Å². The van der Waals surface area contributed by atoms with Gasteiger partial charge in [0.1, 0.15) is 6.61 Å². The van der Waals surface area contributed by atoms with Crippen LogP contribution in [0.15, 0.2) is 59.5 Å². The molecule has 0 spiro atoms. The first-order valence-electron chi connectivity index (χ1n) is 6.92. The number of carbonyl (C=O) groups is 1. The van der Waals surface area contributed by atoms with Gasteiger partial charge in [-0.05, 0) is 36.2 Å². The summed E-state index contributed by atoms with van der Waals surface area (Å²) in [6, 6.07) is 17.7. The van der Waals surface area contributed by atoms with E-state index in [9.17, 15) is 4.79 Å². The summed E-state index contributed by atoms with van der Waals surface area (Å²) in [6.07, 6.45) is 1.05. The lowest BCUT2D eigenvalue weighted by atomic mass is 10.1. The van der Waals surface area contributed by atoms with Crippen LogP contribution in [0.5, 0.6) is 0 Å². The molecule has 0 aliphatic carbocycles. The van der Waals surface area contributed by atoms with Crippen LogP contribution in [-0.4, -0.2) is 18.3 Å². The lowest BCUT2D eigenvalue weighted by Crippen LogP contribution is -2.08. The van der Waals surface area contributed by atoms with Crippen LogP contribution in [-0.2, 0) is 16.0 Å². The van der Waals surface area contributed by atoms with Crippen LogP contribution in [0.3, 0.4) is 0 Å². The van der Waals surface area contributed by atoms with Crippen LogP contribution in [0.4, 0.5) is 5.69 Å². The first-order valence-corrected chi connectivity index (χ1v) is 7.90. The third kappa shape index (κ3) is 5.92. The highest BCUT2D eigenvalue weighted by molar-refractivity contribution is 7.99. The Morgan fingerprint density at radius 2 is 1.90 bits per heavy atom. The summed E-state index contributed by atoms with van der Waals surface area (Å²) in [7, 11) is 0. The summed E-state index contributed by atoms with van der Waals surface area (Å²) in [4.78, 5) is 12.8. The molecule has 0 saturated carbocycles. The first kappa shape index (κ1) is 15.4. The van der Waals surface area contributed by atoms with Crippen molar-refractivity contribution in [1.82, 2.24) is 0 Å². The molecule has 0 aromatic heterocycles. The van der Waals surface area contributed by atoms with E-state index in [1.54, 1.807) is 11.8 Å². The van der Waals surface area contributed by atoms with Crippen molar-refractivity contribution in [3.63, 3.8) is 0 Å². The van der Waals surface area contributed by atoms with Gasteiger partial charge in [-0.2, -0.15) is 0 Å². The minimum atomic E-state index is -0.161. The van der Waals surface area contributed by atoms with Crippen LogP contribution >= 0.6 is 11.8 Å². The highest BCUT2D eigenvalue weighted by Gasteiger charge is 2.04. The number of esters is 1. The molecule has 0 atom stereocenters. The smallest absolute Gasteiger partial charge is 0.306 e. The van der Waals surface area contributed by atoms with Crippen molar-refractivity contribution in [2.24, 2.45) is 0 Å². The molecule has 0 aliphatic heterocycles. The van der Waals surface area contributed by atoms with E-state index in [1.807, 2.05) is 54.6 Å². The molecule has 21 heavy (non-hydrogen) atoms. The van der Waals surface area contributed by atoms with Crippen LogP contribution in [0, 0.1) is 0 Å². The molecule has 2 rings (SSSR count). The lowest BCUT2D eigenvalue weighted by Gasteiger charge is -2.05. The van der Waals surface area contributed by atoms with E-state index in [2.05, 4.69) is 0 Å². The fraction of sp³-hybridized carbons (Fsp3) is 0.235. The Morgan fingerprint density at radius 1 is 1.10 bits per heavy atom. The molecule has 0 radical (unpaired) electrons. The number of aryl methyl sites for hydroxylation is 1. The van der Waals surface area contributed by atoms with Crippen LogP contribution < -0.4 is 5.73 Å². The van der Waals surface area contributed by atoms with E-state index in [0.29, 0.717) is 19.4 Å². The molecule has 0 unspecified atom stereocenters. The van der Waals surface area contributed by atoms with Crippen molar-refractivity contribution in [3.8, 4) is 0 Å². The lowest BCUT2D eigenvalue weighted by molar-refractivity contribution is -0.142. The van der Waals surface area contributed by atoms with Crippen molar-refractivity contribution in [1.29, 1.82) is 0 Å². The predicted octanol–water partition coefficient (Wildman–Crippen LogP) is 3.54. The molecule has 0 aliphatic rings. The van der Waals surface area contributed by atoms with E-state index in [0.717, 1.165) is 17.0 Å². The quantitative estimate of drug-likeness (QED) is 0.368. The third-order valence-corrected chi connectivity index (χ3v) is 3.90. The Bertz CT molecular complexity index is 572. The highest BCUT2D eigenvalue weighted by Crippen LogP contribution is 2.16. The number of ether oxygens (including phenoxy) is 1. The number of hydrogen-bond donors (Lipinski definition) is 1. The second-order valence-corrected chi connectivity index (χ2v) is 5.80. The molecule has 2 N–H and O–H groups in total. The molecule has 0 saturated heterocycles. The summed E-state index contributed by atoms with van der Waals surface area (Å²) in [5.74, 6) is 0.611. The van der Waals surface area contributed by atoms with Gasteiger partial charge in [-0.1, -0.05) is 30.3 Å². The van der Waals surface area contributed by atoms with E-state index in [4.69, 9.17) is 10.5 Å². The fourth-order valence-corrected chi connectivity index (χ4v) is 2.65. The number of hydrogen-bond acceptors (Lipinski definition) is 4. The zero-order chi connectivity index (χ0) is 14.9. The third-order valence-electron chi connectivity index (χ3n) is 2.93. The van der Waals surface area contributed by atoms with Crippen molar-refractivity contribution >= 4 is 23.4 Å². The van der Waals surface area contributed by atoms with E-state index < -0.39 is 0 Å². The summed E-state index contributed by atoms with van der Waals surface area (Å²) >= 11 is 1.69. The van der Waals surface area contributed by atoms with Crippen LogP contribution in [0.25, 0.3) is 0 Å². The monoisotopic (exact) mass is 301 g/mol.